The van der Waals surface area contributed by atoms with Crippen molar-refractivity contribution >= 4 is 22.8 Å². The largest absolute Gasteiger partial charge is 0.331 e. The predicted molar refractivity (Wildman–Crippen MR) is 90.2 cm³/mol. The number of benzene rings is 1. The molecule has 1 aromatic carbocycles. The van der Waals surface area contributed by atoms with Gasteiger partial charge in [0.25, 0.3) is 0 Å². The Hall–Kier alpha value is -1.04. The molecule has 0 amide bonds. The molecular weight excluding hydrogens is 280 g/mol. The molecule has 0 aliphatic carbocycles. The topological polar surface area (TPSA) is 55.9 Å². The number of nitrogens with two attached hydrogens (primary N) is 1. The molecule has 4 nitrogen and oxygen atoms in total. The van der Waals surface area contributed by atoms with Crippen LogP contribution >= 0.6 is 11.8 Å². The van der Waals surface area contributed by atoms with E-state index >= 15 is 0 Å². The van der Waals surface area contributed by atoms with E-state index in [1.54, 1.807) is 0 Å². The van der Waals surface area contributed by atoms with Gasteiger partial charge in [-0.3, -0.25) is 11.3 Å². The summed E-state index contributed by atoms with van der Waals surface area (Å²) in [5, 5.41) is 0. The zero-order valence-corrected chi connectivity index (χ0v) is 13.4. The molecular formula is C16H24N4S. The number of aryl methyl sites for hydroxylation is 1. The van der Waals surface area contributed by atoms with E-state index in [0.717, 1.165) is 30.1 Å². The van der Waals surface area contributed by atoms with Crippen molar-refractivity contribution in [1.82, 2.24) is 15.0 Å². The Kier molecular flexibility index (Phi) is 4.83. The fraction of sp³-hybridized carbons (Fsp3) is 0.562. The second kappa shape index (κ2) is 6.81. The van der Waals surface area contributed by atoms with Crippen LogP contribution in [-0.4, -0.2) is 27.1 Å². The third kappa shape index (κ3) is 3.42. The maximum Gasteiger partial charge on any atom is 0.111 e. The van der Waals surface area contributed by atoms with Gasteiger partial charge in [0.2, 0.25) is 0 Å². The van der Waals surface area contributed by atoms with Gasteiger partial charge in [0.05, 0.1) is 11.0 Å². The molecule has 0 spiro atoms. The minimum absolute atomic E-state index is 0.314. The number of rotatable bonds is 5. The second-order valence-electron chi connectivity index (χ2n) is 5.93. The summed E-state index contributed by atoms with van der Waals surface area (Å²) in [4.78, 5) is 4.76. The molecule has 2 heterocycles. The van der Waals surface area contributed by atoms with Crippen molar-refractivity contribution in [2.45, 2.75) is 31.7 Å². The number of nitrogens with one attached hydrogen (secondary N) is 1. The molecule has 1 aliphatic rings. The molecule has 0 saturated carbocycles. The van der Waals surface area contributed by atoms with Crippen molar-refractivity contribution in [2.24, 2.45) is 18.8 Å². The first-order valence-corrected chi connectivity index (χ1v) is 8.87. The summed E-state index contributed by atoms with van der Waals surface area (Å²) in [7, 11) is 2.09. The van der Waals surface area contributed by atoms with E-state index in [4.69, 9.17) is 10.8 Å². The number of imidazole rings is 1. The monoisotopic (exact) mass is 304 g/mol. The summed E-state index contributed by atoms with van der Waals surface area (Å²) in [5.41, 5.74) is 5.27. The SMILES string of the molecule is Cn1c(CC(CC2CCSCC2)NN)nc2ccccc21. The lowest BCUT2D eigenvalue weighted by atomic mass is 9.93. The van der Waals surface area contributed by atoms with Gasteiger partial charge in [0.1, 0.15) is 5.82 Å². The van der Waals surface area contributed by atoms with Gasteiger partial charge in [-0.2, -0.15) is 11.8 Å². The van der Waals surface area contributed by atoms with Gasteiger partial charge in [-0.05, 0) is 48.8 Å². The minimum Gasteiger partial charge on any atom is -0.331 e. The first-order chi connectivity index (χ1) is 10.3. The normalized spacial score (nSPS) is 18.2. The zero-order valence-electron chi connectivity index (χ0n) is 12.6. The minimum atomic E-state index is 0.314. The van der Waals surface area contributed by atoms with Crippen LogP contribution in [0.4, 0.5) is 0 Å². The van der Waals surface area contributed by atoms with E-state index in [0.29, 0.717) is 6.04 Å². The van der Waals surface area contributed by atoms with Crippen molar-refractivity contribution in [3.8, 4) is 0 Å². The molecule has 1 aromatic heterocycles. The van der Waals surface area contributed by atoms with E-state index in [2.05, 4.69) is 47.0 Å². The number of hydrazine groups is 1. The van der Waals surface area contributed by atoms with Crippen LogP contribution in [0.5, 0.6) is 0 Å². The average molecular weight is 304 g/mol. The molecule has 21 heavy (non-hydrogen) atoms. The second-order valence-corrected chi connectivity index (χ2v) is 7.16. The quantitative estimate of drug-likeness (QED) is 0.658. The fourth-order valence-corrected chi connectivity index (χ4v) is 4.40. The lowest BCUT2D eigenvalue weighted by molar-refractivity contribution is 0.361. The van der Waals surface area contributed by atoms with E-state index < -0.39 is 0 Å². The Labute approximate surface area is 130 Å². The van der Waals surface area contributed by atoms with Gasteiger partial charge >= 0.3 is 0 Å². The van der Waals surface area contributed by atoms with Crippen molar-refractivity contribution < 1.29 is 0 Å². The fourth-order valence-electron chi connectivity index (χ4n) is 3.19. The van der Waals surface area contributed by atoms with Crippen LogP contribution in [-0.2, 0) is 13.5 Å². The summed E-state index contributed by atoms with van der Waals surface area (Å²) in [6.07, 6.45) is 4.70. The Bertz CT molecular complexity index is 589. The molecule has 114 valence electrons. The number of fused-ring (bicyclic) bond motifs is 1. The predicted octanol–water partition coefficient (Wildman–Crippen LogP) is 2.48. The smallest absolute Gasteiger partial charge is 0.111 e. The van der Waals surface area contributed by atoms with Crippen LogP contribution in [0, 0.1) is 5.92 Å². The lowest BCUT2D eigenvalue weighted by Gasteiger charge is -2.25. The van der Waals surface area contributed by atoms with Crippen molar-refractivity contribution in [3.05, 3.63) is 30.1 Å². The van der Waals surface area contributed by atoms with E-state index in [-0.39, 0.29) is 0 Å². The number of aromatic nitrogens is 2. The third-order valence-electron chi connectivity index (χ3n) is 4.50. The van der Waals surface area contributed by atoms with Crippen LogP contribution in [0.25, 0.3) is 11.0 Å². The maximum atomic E-state index is 5.79. The van der Waals surface area contributed by atoms with Gasteiger partial charge < -0.3 is 4.57 Å². The first-order valence-electron chi connectivity index (χ1n) is 7.72. The van der Waals surface area contributed by atoms with Crippen LogP contribution in [0.1, 0.15) is 25.1 Å². The van der Waals surface area contributed by atoms with Crippen LogP contribution in [0.15, 0.2) is 24.3 Å². The summed E-state index contributed by atoms with van der Waals surface area (Å²) in [6, 6.07) is 8.61. The molecule has 1 unspecified atom stereocenters. The highest BCUT2D eigenvalue weighted by molar-refractivity contribution is 7.99. The van der Waals surface area contributed by atoms with Gasteiger partial charge in [0.15, 0.2) is 0 Å². The van der Waals surface area contributed by atoms with Crippen molar-refractivity contribution in [3.63, 3.8) is 0 Å². The highest BCUT2D eigenvalue weighted by atomic mass is 32.2. The van der Waals surface area contributed by atoms with Gasteiger partial charge in [-0.15, -0.1) is 0 Å². The van der Waals surface area contributed by atoms with E-state index in [1.165, 1.54) is 29.9 Å². The molecule has 1 saturated heterocycles. The molecule has 3 N–H and O–H groups in total. The van der Waals surface area contributed by atoms with Crippen LogP contribution in [0.3, 0.4) is 0 Å². The Morgan fingerprint density at radius 2 is 2.14 bits per heavy atom. The average Bonchev–Trinajstić information content (AvgIpc) is 2.84. The number of thioether (sulfide) groups is 1. The summed E-state index contributed by atoms with van der Waals surface area (Å²) < 4.78 is 2.19. The van der Waals surface area contributed by atoms with E-state index in [1.807, 2.05) is 6.07 Å². The molecule has 1 fully saturated rings. The molecule has 1 atom stereocenters. The molecule has 0 bridgehead atoms. The Morgan fingerprint density at radius 3 is 2.86 bits per heavy atom. The highest BCUT2D eigenvalue weighted by Crippen LogP contribution is 2.27. The van der Waals surface area contributed by atoms with Crippen molar-refractivity contribution in [2.75, 3.05) is 11.5 Å². The molecule has 2 aromatic rings. The lowest BCUT2D eigenvalue weighted by Crippen LogP contribution is -2.39. The van der Waals surface area contributed by atoms with Gasteiger partial charge in [0, 0.05) is 19.5 Å². The summed E-state index contributed by atoms with van der Waals surface area (Å²) in [5.74, 6) is 10.3. The molecule has 1 aliphatic heterocycles. The summed E-state index contributed by atoms with van der Waals surface area (Å²) in [6.45, 7) is 0. The van der Waals surface area contributed by atoms with Gasteiger partial charge in [-0.1, -0.05) is 12.1 Å². The molecule has 0 radical (unpaired) electrons. The maximum absolute atomic E-state index is 5.79. The van der Waals surface area contributed by atoms with Crippen molar-refractivity contribution in [1.29, 1.82) is 0 Å². The summed E-state index contributed by atoms with van der Waals surface area (Å²) >= 11 is 2.07. The first kappa shape index (κ1) is 14.9. The Balaban J connectivity index is 1.71. The van der Waals surface area contributed by atoms with Crippen LogP contribution in [0.2, 0.25) is 0 Å². The number of para-hydroxylation sites is 2. The molecule has 5 heteroatoms. The highest BCUT2D eigenvalue weighted by Gasteiger charge is 2.20. The van der Waals surface area contributed by atoms with Gasteiger partial charge in [-0.25, -0.2) is 4.98 Å². The standard InChI is InChI=1S/C16H24N4S/c1-20-15-5-3-2-4-14(15)18-16(20)11-13(19-17)10-12-6-8-21-9-7-12/h2-5,12-13,19H,6-11,17H2,1H3. The number of hydrogen-bond acceptors (Lipinski definition) is 4. The van der Waals surface area contributed by atoms with E-state index in [9.17, 15) is 0 Å². The number of nitrogens with zero attached hydrogens (tertiary/aromatic N) is 2. The molecule has 3 rings (SSSR count). The van der Waals surface area contributed by atoms with Crippen LogP contribution < -0.4 is 11.3 Å². The number of hydrogen-bond donors (Lipinski definition) is 2. The third-order valence-corrected chi connectivity index (χ3v) is 5.55. The Morgan fingerprint density at radius 1 is 1.38 bits per heavy atom. The zero-order chi connectivity index (χ0) is 14.7.